The molecular formula is C68H54N4OPt-2. The van der Waals surface area contributed by atoms with Crippen LogP contribution in [0, 0.1) is 18.5 Å². The van der Waals surface area contributed by atoms with Gasteiger partial charge in [0.2, 0.25) is 0 Å². The average molecular weight is 1150 g/mol. The topological polar surface area (TPSA) is 35.9 Å². The fourth-order valence-electron chi connectivity index (χ4n) is 9.91. The standard InChI is InChI=1S/C68H54N4O.Pt/c1-67(2,3)51-37-35-49(36-38-51)60-45-69-65(41-50(60)44-68(4,5)52-25-13-8-14-26-52)72-61-32-16-15-29-58(61)59-40-39-55(43-64(59)72)73-54-28-19-27-53(42-54)70-46-71(63-34-18-17-33-62(63)70)66-56(47-21-9-6-10-22-47)30-20-31-57(66)48-23-11-7-12-24-48;/h6-41,45H,44H2,1-5H3;/q-2;/i6D,7D,9D,10D,11D,12D,21D,22D,23D,24D;. The Kier molecular flexibility index (Phi) is 10.0. The van der Waals surface area contributed by atoms with Gasteiger partial charge in [-0.3, -0.25) is 4.57 Å². The van der Waals surface area contributed by atoms with E-state index in [1.807, 2.05) is 72.9 Å². The number of aromatic nitrogens is 4. The molecule has 0 amide bonds. The Labute approximate surface area is 462 Å². The fourth-order valence-corrected chi connectivity index (χ4v) is 9.91. The minimum atomic E-state index is -0.575. The Balaban J connectivity index is 0.00000736. The first kappa shape index (κ1) is 37.6. The van der Waals surface area contributed by atoms with Gasteiger partial charge in [0.15, 0.2) is 0 Å². The number of pyridine rings is 1. The molecule has 0 fully saturated rings. The van der Waals surface area contributed by atoms with Crippen LogP contribution in [0.5, 0.6) is 11.5 Å². The van der Waals surface area contributed by atoms with Crippen LogP contribution in [-0.2, 0) is 38.3 Å². The van der Waals surface area contributed by atoms with Gasteiger partial charge in [0.05, 0.1) is 30.4 Å². The SMILES string of the molecule is [2H]c1c([2H])c([2H])c(-c2cccc(-c3c([2H])c([2H])c([2H])c([2H])c3[2H])c2-[n+]2[c-]n(-c3[c-]c(Oc4[c-]c5c(cc4)c4ccccc4n5-c4cc(CC(C)(C)c5ccccc5)c(-c5ccc(C(C)(C)C)cc5)cn4)ccc3)c3ccccc32)c([2H])c1[2H].[Pt]. The van der Waals surface area contributed by atoms with E-state index in [4.69, 9.17) is 23.4 Å². The first-order chi connectivity index (χ1) is 39.7. The van der Waals surface area contributed by atoms with Crippen LogP contribution in [0.4, 0.5) is 0 Å². The van der Waals surface area contributed by atoms with Gasteiger partial charge in [-0.25, -0.2) is 4.98 Å². The number of para-hydroxylation sites is 4. The molecule has 0 saturated heterocycles. The van der Waals surface area contributed by atoms with Crippen molar-refractivity contribution in [2.75, 3.05) is 0 Å². The summed E-state index contributed by atoms with van der Waals surface area (Å²) in [5.74, 6) is 1.50. The molecule has 0 N–H and O–H groups in total. The quantitative estimate of drug-likeness (QED) is 0.0956. The number of fused-ring (bicyclic) bond motifs is 4. The van der Waals surface area contributed by atoms with Crippen molar-refractivity contribution in [3.63, 3.8) is 0 Å². The zero-order valence-electron chi connectivity index (χ0n) is 51.3. The van der Waals surface area contributed by atoms with E-state index in [2.05, 4.69) is 124 Å². The van der Waals surface area contributed by atoms with Crippen molar-refractivity contribution in [1.82, 2.24) is 14.1 Å². The second-order valence-electron chi connectivity index (χ2n) is 19.9. The van der Waals surface area contributed by atoms with Crippen molar-refractivity contribution in [3.8, 4) is 62.1 Å². The largest absolute Gasteiger partial charge is 0.510 e. The molecule has 12 aromatic rings. The predicted molar refractivity (Wildman–Crippen MR) is 298 cm³/mol. The molecule has 6 heteroatoms. The molecule has 0 saturated carbocycles. The molecule has 0 aliphatic carbocycles. The number of hydrogen-bond donors (Lipinski definition) is 0. The summed E-state index contributed by atoms with van der Waals surface area (Å²) in [5, 5.41) is 1.99. The summed E-state index contributed by atoms with van der Waals surface area (Å²) in [7, 11) is 0. The number of benzene rings is 9. The summed E-state index contributed by atoms with van der Waals surface area (Å²) >= 11 is 0. The van der Waals surface area contributed by atoms with E-state index < -0.39 is 60.4 Å². The number of ether oxygens (including phenoxy) is 1. The van der Waals surface area contributed by atoms with Crippen molar-refractivity contribution in [2.45, 2.75) is 51.9 Å². The Morgan fingerprint density at radius 3 is 1.91 bits per heavy atom. The zero-order valence-corrected chi connectivity index (χ0v) is 43.6. The molecule has 0 spiro atoms. The van der Waals surface area contributed by atoms with Crippen molar-refractivity contribution < 1.29 is 44.1 Å². The maximum atomic E-state index is 9.07. The van der Waals surface area contributed by atoms with Crippen molar-refractivity contribution in [2.24, 2.45) is 0 Å². The van der Waals surface area contributed by atoms with Crippen molar-refractivity contribution in [3.05, 3.63) is 259 Å². The Bertz CT molecular complexity index is 4440. The van der Waals surface area contributed by atoms with Gasteiger partial charge in [0.1, 0.15) is 5.82 Å². The number of hydrogen-bond acceptors (Lipinski definition) is 2. The van der Waals surface area contributed by atoms with Gasteiger partial charge in [-0.05, 0) is 85.0 Å². The van der Waals surface area contributed by atoms with E-state index >= 15 is 0 Å². The van der Waals surface area contributed by atoms with E-state index in [-0.39, 0.29) is 59.8 Å². The third-order valence-electron chi connectivity index (χ3n) is 13.6. The molecule has 3 aromatic heterocycles. The molecular weight excluding hydrogens is 1080 g/mol. The normalized spacial score (nSPS) is 13.7. The molecule has 74 heavy (non-hydrogen) atoms. The van der Waals surface area contributed by atoms with Crippen LogP contribution < -0.4 is 9.30 Å². The molecule has 0 radical (unpaired) electrons. The van der Waals surface area contributed by atoms with E-state index in [0.29, 0.717) is 28.2 Å². The van der Waals surface area contributed by atoms with Gasteiger partial charge in [-0.2, -0.15) is 18.2 Å². The van der Waals surface area contributed by atoms with E-state index in [9.17, 15) is 0 Å². The van der Waals surface area contributed by atoms with Crippen LogP contribution in [0.15, 0.2) is 224 Å². The molecule has 5 nitrogen and oxygen atoms in total. The molecule has 0 aliphatic rings. The van der Waals surface area contributed by atoms with E-state index in [0.717, 1.165) is 50.7 Å². The summed E-state index contributed by atoms with van der Waals surface area (Å²) < 4.78 is 99.7. The molecule has 12 rings (SSSR count). The summed E-state index contributed by atoms with van der Waals surface area (Å²) in [6.07, 6.45) is 6.16. The second-order valence-corrected chi connectivity index (χ2v) is 19.9. The minimum absolute atomic E-state index is 0. The second kappa shape index (κ2) is 19.7. The Morgan fingerprint density at radius 2 is 1.20 bits per heavy atom. The monoisotopic (exact) mass is 1150 g/mol. The van der Waals surface area contributed by atoms with Crippen LogP contribution in [0.1, 0.15) is 65.0 Å². The molecule has 3 heterocycles. The van der Waals surface area contributed by atoms with Gasteiger partial charge in [0, 0.05) is 49.8 Å². The summed E-state index contributed by atoms with van der Waals surface area (Å²) in [5.41, 5.74) is 9.08. The number of imidazole rings is 1. The summed E-state index contributed by atoms with van der Waals surface area (Å²) in [6.45, 7) is 11.2. The van der Waals surface area contributed by atoms with Gasteiger partial charge in [-0.15, -0.1) is 29.7 Å². The maximum Gasteiger partial charge on any atom is 0.268 e. The van der Waals surface area contributed by atoms with Gasteiger partial charge < -0.3 is 13.9 Å². The molecule has 9 aromatic carbocycles. The van der Waals surface area contributed by atoms with Crippen LogP contribution in [0.3, 0.4) is 0 Å². The van der Waals surface area contributed by atoms with Gasteiger partial charge in [0.25, 0.3) is 6.33 Å². The smallest absolute Gasteiger partial charge is 0.268 e. The van der Waals surface area contributed by atoms with Gasteiger partial charge >= 0.3 is 0 Å². The first-order valence-electron chi connectivity index (χ1n) is 29.3. The zero-order chi connectivity index (χ0) is 58.4. The Morgan fingerprint density at radius 1 is 0.568 bits per heavy atom. The average Bonchev–Trinajstić information content (AvgIpc) is 2.03. The third-order valence-corrected chi connectivity index (χ3v) is 13.6. The van der Waals surface area contributed by atoms with Crippen LogP contribution in [0.25, 0.3) is 83.4 Å². The maximum absolute atomic E-state index is 9.07. The molecule has 364 valence electrons. The first-order valence-corrected chi connectivity index (χ1v) is 24.3. The van der Waals surface area contributed by atoms with Gasteiger partial charge in [-0.1, -0.05) is 216 Å². The third kappa shape index (κ3) is 9.07. The van der Waals surface area contributed by atoms with E-state index in [1.54, 1.807) is 33.4 Å². The number of nitrogens with zero attached hydrogens (tertiary/aromatic N) is 4. The number of rotatable bonds is 11. The van der Waals surface area contributed by atoms with Crippen LogP contribution in [0.2, 0.25) is 0 Å². The van der Waals surface area contributed by atoms with Crippen molar-refractivity contribution >= 4 is 32.8 Å². The summed E-state index contributed by atoms with van der Waals surface area (Å²) in [6, 6.07) is 53.1. The Hall–Kier alpha value is -8.11. The molecule has 0 aliphatic heterocycles. The van der Waals surface area contributed by atoms with Crippen LogP contribution in [-0.4, -0.2) is 14.1 Å². The molecule has 0 unspecified atom stereocenters. The predicted octanol–water partition coefficient (Wildman–Crippen LogP) is 16.4. The van der Waals surface area contributed by atoms with E-state index in [1.165, 1.54) is 11.1 Å². The van der Waals surface area contributed by atoms with Crippen LogP contribution >= 0.6 is 0 Å². The minimum Gasteiger partial charge on any atom is -0.510 e. The molecule has 0 bridgehead atoms. The fraction of sp³-hybridized carbons (Fsp3) is 0.118. The van der Waals surface area contributed by atoms with Crippen molar-refractivity contribution in [1.29, 1.82) is 0 Å². The summed E-state index contributed by atoms with van der Waals surface area (Å²) in [4.78, 5) is 5.23. The molecule has 0 atom stereocenters.